The van der Waals surface area contributed by atoms with Crippen LogP contribution < -0.4 is 5.73 Å². The highest BCUT2D eigenvalue weighted by Crippen LogP contribution is 2.29. The summed E-state index contributed by atoms with van der Waals surface area (Å²) < 4.78 is 0. The molecular formula is C12H22ClNO2. The number of rotatable bonds is 9. The maximum atomic E-state index is 11.2. The summed E-state index contributed by atoms with van der Waals surface area (Å²) >= 11 is 5.57. The first-order chi connectivity index (χ1) is 7.46. The van der Waals surface area contributed by atoms with Crippen molar-refractivity contribution in [1.82, 2.24) is 0 Å². The summed E-state index contributed by atoms with van der Waals surface area (Å²) in [6.45, 7) is 3.46. The normalized spacial score (nSPS) is 13.4. The lowest BCUT2D eigenvalue weighted by Crippen LogP contribution is -2.39. The third-order valence-corrected chi connectivity index (χ3v) is 3.39. The number of carbonyl (C=O) groups excluding carboxylic acids is 2. The molecule has 3 nitrogen and oxygen atoms in total. The van der Waals surface area contributed by atoms with Crippen molar-refractivity contribution >= 4 is 23.8 Å². The molecule has 0 saturated heterocycles. The van der Waals surface area contributed by atoms with Crippen molar-refractivity contribution in [3.8, 4) is 0 Å². The van der Waals surface area contributed by atoms with Gasteiger partial charge >= 0.3 is 0 Å². The van der Waals surface area contributed by atoms with Gasteiger partial charge < -0.3 is 10.5 Å². The molecule has 0 fully saturated rings. The van der Waals surface area contributed by atoms with Crippen molar-refractivity contribution in [3.05, 3.63) is 0 Å². The number of aldehydes is 1. The highest BCUT2D eigenvalue weighted by Gasteiger charge is 2.34. The molecule has 94 valence electrons. The number of alkyl halides is 1. The van der Waals surface area contributed by atoms with E-state index in [1.165, 1.54) is 0 Å². The monoisotopic (exact) mass is 247 g/mol. The Labute approximate surface area is 103 Å². The Bertz CT molecular complexity index is 229. The van der Waals surface area contributed by atoms with E-state index in [1.54, 1.807) is 13.8 Å². The van der Waals surface area contributed by atoms with E-state index in [0.29, 0.717) is 5.88 Å². The molecule has 0 rings (SSSR count). The smallest absolute Gasteiger partial charge is 0.223 e. The Kier molecular flexibility index (Phi) is 7.39. The van der Waals surface area contributed by atoms with Gasteiger partial charge in [-0.25, -0.2) is 0 Å². The number of halogens is 1. The predicted octanol–water partition coefficient (Wildman–Crippen LogP) is 2.50. The topological polar surface area (TPSA) is 60.2 Å². The molecule has 0 aromatic rings. The second-order valence-corrected chi connectivity index (χ2v) is 5.10. The first kappa shape index (κ1) is 15.4. The van der Waals surface area contributed by atoms with Gasteiger partial charge in [-0.15, -0.1) is 11.6 Å². The number of nitrogens with two attached hydrogens (primary N) is 1. The molecule has 0 aromatic heterocycles. The minimum atomic E-state index is -0.742. The molecule has 1 amide bonds. The first-order valence-corrected chi connectivity index (χ1v) is 6.31. The van der Waals surface area contributed by atoms with E-state index < -0.39 is 11.3 Å². The molecule has 0 radical (unpaired) electrons. The van der Waals surface area contributed by atoms with Crippen LogP contribution in [0.4, 0.5) is 0 Å². The van der Waals surface area contributed by atoms with Gasteiger partial charge in [0.15, 0.2) is 0 Å². The van der Waals surface area contributed by atoms with Crippen LogP contribution in [0.5, 0.6) is 0 Å². The van der Waals surface area contributed by atoms with Crippen LogP contribution in [-0.2, 0) is 9.59 Å². The first-order valence-electron chi connectivity index (χ1n) is 5.78. The van der Waals surface area contributed by atoms with Gasteiger partial charge in [-0.1, -0.05) is 33.1 Å². The van der Waals surface area contributed by atoms with E-state index in [4.69, 9.17) is 17.3 Å². The fourth-order valence-corrected chi connectivity index (χ4v) is 1.78. The van der Waals surface area contributed by atoms with E-state index in [-0.39, 0.29) is 5.92 Å². The molecule has 0 aromatic carbocycles. The van der Waals surface area contributed by atoms with E-state index in [0.717, 1.165) is 38.4 Å². The van der Waals surface area contributed by atoms with Crippen molar-refractivity contribution in [3.63, 3.8) is 0 Å². The lowest BCUT2D eigenvalue weighted by Gasteiger charge is -2.27. The molecule has 2 N–H and O–H groups in total. The van der Waals surface area contributed by atoms with E-state index in [9.17, 15) is 9.59 Å². The van der Waals surface area contributed by atoms with Crippen LogP contribution in [0.2, 0.25) is 0 Å². The summed E-state index contributed by atoms with van der Waals surface area (Å²) in [6.07, 6.45) is 5.65. The lowest BCUT2D eigenvalue weighted by atomic mass is 9.76. The molecule has 1 unspecified atom stereocenters. The third kappa shape index (κ3) is 4.97. The van der Waals surface area contributed by atoms with Gasteiger partial charge in [0, 0.05) is 11.8 Å². The second kappa shape index (κ2) is 7.66. The fraction of sp³-hybridized carbons (Fsp3) is 0.833. The minimum absolute atomic E-state index is 0.277. The molecule has 4 heteroatoms. The second-order valence-electron chi connectivity index (χ2n) is 4.72. The van der Waals surface area contributed by atoms with E-state index in [2.05, 4.69) is 0 Å². The third-order valence-electron chi connectivity index (χ3n) is 3.13. The molecule has 0 aliphatic heterocycles. The zero-order valence-electron chi connectivity index (χ0n) is 10.2. The molecule has 0 aliphatic rings. The number of amides is 1. The molecule has 0 saturated carbocycles. The minimum Gasteiger partial charge on any atom is -0.369 e. The molecule has 0 bridgehead atoms. The van der Waals surface area contributed by atoms with Crippen LogP contribution in [0, 0.1) is 11.3 Å². The van der Waals surface area contributed by atoms with Crippen LogP contribution in [-0.4, -0.2) is 18.1 Å². The maximum Gasteiger partial charge on any atom is 0.223 e. The van der Waals surface area contributed by atoms with Gasteiger partial charge in [-0.2, -0.15) is 0 Å². The predicted molar refractivity (Wildman–Crippen MR) is 66.3 cm³/mol. The standard InChI is InChI=1S/C12H22ClNO2/c1-12(2,11(14)16)10(9-15)7-5-3-4-6-8-13/h9-10H,3-8H2,1-2H3,(H2,14,16). The van der Waals surface area contributed by atoms with Gasteiger partial charge in [0.1, 0.15) is 6.29 Å². The van der Waals surface area contributed by atoms with Crippen molar-refractivity contribution in [2.75, 3.05) is 5.88 Å². The van der Waals surface area contributed by atoms with Crippen molar-refractivity contribution in [1.29, 1.82) is 0 Å². The Morgan fingerprint density at radius 1 is 1.31 bits per heavy atom. The zero-order valence-corrected chi connectivity index (χ0v) is 10.9. The molecule has 16 heavy (non-hydrogen) atoms. The molecule has 0 aliphatic carbocycles. The number of unbranched alkanes of at least 4 members (excludes halogenated alkanes) is 3. The average Bonchev–Trinajstić information content (AvgIpc) is 2.22. The van der Waals surface area contributed by atoms with Crippen molar-refractivity contribution in [2.45, 2.75) is 46.0 Å². The average molecular weight is 248 g/mol. The highest BCUT2D eigenvalue weighted by molar-refractivity contribution is 6.17. The van der Waals surface area contributed by atoms with Gasteiger partial charge in [0.25, 0.3) is 0 Å². The summed E-state index contributed by atoms with van der Waals surface area (Å²) in [4.78, 5) is 22.1. The van der Waals surface area contributed by atoms with Crippen LogP contribution in [0.25, 0.3) is 0 Å². The zero-order chi connectivity index (χ0) is 12.6. The lowest BCUT2D eigenvalue weighted by molar-refractivity contribution is -0.132. The number of primary amides is 1. The van der Waals surface area contributed by atoms with Crippen LogP contribution >= 0.6 is 11.6 Å². The highest BCUT2D eigenvalue weighted by atomic mass is 35.5. The Morgan fingerprint density at radius 3 is 2.31 bits per heavy atom. The van der Waals surface area contributed by atoms with Gasteiger partial charge in [-0.3, -0.25) is 4.79 Å². The van der Waals surface area contributed by atoms with Crippen molar-refractivity contribution < 1.29 is 9.59 Å². The number of carbonyl (C=O) groups is 2. The fourth-order valence-electron chi connectivity index (χ4n) is 1.59. The number of hydrogen-bond acceptors (Lipinski definition) is 2. The molecule has 0 spiro atoms. The van der Waals surface area contributed by atoms with E-state index >= 15 is 0 Å². The summed E-state index contributed by atoms with van der Waals surface area (Å²) in [6, 6.07) is 0. The number of hydrogen-bond donors (Lipinski definition) is 1. The summed E-state index contributed by atoms with van der Waals surface area (Å²) in [5.41, 5.74) is 4.54. The van der Waals surface area contributed by atoms with Crippen LogP contribution in [0.1, 0.15) is 46.0 Å². The summed E-state index contributed by atoms with van der Waals surface area (Å²) in [5.74, 6) is -0.00414. The van der Waals surface area contributed by atoms with Crippen LogP contribution in [0.15, 0.2) is 0 Å². The van der Waals surface area contributed by atoms with Gasteiger partial charge in [0.05, 0.1) is 5.41 Å². The van der Waals surface area contributed by atoms with E-state index in [1.807, 2.05) is 0 Å². The maximum absolute atomic E-state index is 11.2. The molecule has 1 atom stereocenters. The Morgan fingerprint density at radius 2 is 1.88 bits per heavy atom. The summed E-state index contributed by atoms with van der Waals surface area (Å²) in [5, 5.41) is 0. The Balaban J connectivity index is 4.01. The molecule has 0 heterocycles. The Hall–Kier alpha value is -0.570. The SMILES string of the molecule is CC(C)(C(N)=O)C(C=O)CCCCCCCl. The van der Waals surface area contributed by atoms with Crippen molar-refractivity contribution in [2.24, 2.45) is 17.1 Å². The molecular weight excluding hydrogens is 226 g/mol. The van der Waals surface area contributed by atoms with Crippen LogP contribution in [0.3, 0.4) is 0 Å². The largest absolute Gasteiger partial charge is 0.369 e. The quantitative estimate of drug-likeness (QED) is 0.387. The van der Waals surface area contributed by atoms with Gasteiger partial charge in [0.2, 0.25) is 5.91 Å². The van der Waals surface area contributed by atoms with Gasteiger partial charge in [-0.05, 0) is 12.8 Å². The summed E-state index contributed by atoms with van der Waals surface area (Å²) in [7, 11) is 0.